The number of urea groups is 1. The maximum atomic E-state index is 13.0. The Bertz CT molecular complexity index is 1080. The van der Waals surface area contributed by atoms with Gasteiger partial charge in [-0.05, 0) is 49.2 Å². The molecule has 0 spiro atoms. The summed E-state index contributed by atoms with van der Waals surface area (Å²) in [6.07, 6.45) is 0. The van der Waals surface area contributed by atoms with E-state index in [0.717, 1.165) is 5.56 Å². The van der Waals surface area contributed by atoms with E-state index in [1.54, 1.807) is 43.3 Å². The predicted octanol–water partition coefficient (Wildman–Crippen LogP) is 3.19. The molecule has 4 rings (SSSR count). The van der Waals surface area contributed by atoms with Crippen LogP contribution in [-0.2, 0) is 16.1 Å². The van der Waals surface area contributed by atoms with E-state index >= 15 is 0 Å². The smallest absolute Gasteiger partial charge is 0.338 e. The molecular formula is C23H24N2O7. The number of hydrogen-bond acceptors (Lipinski definition) is 7. The zero-order valence-corrected chi connectivity index (χ0v) is 18.0. The summed E-state index contributed by atoms with van der Waals surface area (Å²) < 4.78 is 27.2. The quantitative estimate of drug-likeness (QED) is 0.637. The molecule has 168 valence electrons. The van der Waals surface area contributed by atoms with Crippen LogP contribution in [-0.4, -0.2) is 32.5 Å². The third-order valence-electron chi connectivity index (χ3n) is 5.12. The molecule has 0 saturated carbocycles. The van der Waals surface area contributed by atoms with Crippen LogP contribution in [0.2, 0.25) is 0 Å². The molecule has 0 unspecified atom stereocenters. The molecule has 0 bridgehead atoms. The molecular weight excluding hydrogens is 416 g/mol. The number of esters is 1. The topological polar surface area (TPSA) is 104 Å². The van der Waals surface area contributed by atoms with Gasteiger partial charge >= 0.3 is 12.0 Å². The summed E-state index contributed by atoms with van der Waals surface area (Å²) in [6, 6.07) is 9.49. The lowest BCUT2D eigenvalue weighted by atomic mass is 9.95. The summed E-state index contributed by atoms with van der Waals surface area (Å²) in [5.74, 6) is 1.79. The minimum absolute atomic E-state index is 0.0412. The zero-order valence-electron chi connectivity index (χ0n) is 18.0. The van der Waals surface area contributed by atoms with E-state index in [2.05, 4.69) is 10.6 Å². The average molecular weight is 440 g/mol. The zero-order chi connectivity index (χ0) is 22.7. The van der Waals surface area contributed by atoms with Crippen LogP contribution < -0.4 is 29.6 Å². The Morgan fingerprint density at radius 2 is 1.94 bits per heavy atom. The van der Waals surface area contributed by atoms with Gasteiger partial charge in [-0.2, -0.15) is 0 Å². The predicted molar refractivity (Wildman–Crippen MR) is 114 cm³/mol. The summed E-state index contributed by atoms with van der Waals surface area (Å²) >= 11 is 0. The Morgan fingerprint density at radius 1 is 1.12 bits per heavy atom. The molecule has 0 saturated heterocycles. The van der Waals surface area contributed by atoms with Crippen molar-refractivity contribution in [3.63, 3.8) is 0 Å². The van der Waals surface area contributed by atoms with Crippen molar-refractivity contribution in [3.8, 4) is 23.0 Å². The number of hydrogen-bond donors (Lipinski definition) is 2. The van der Waals surface area contributed by atoms with Gasteiger partial charge in [0.1, 0.15) is 6.61 Å². The largest absolute Gasteiger partial charge is 0.493 e. The first-order chi connectivity index (χ1) is 15.5. The number of amides is 2. The number of methoxy groups -OCH3 is 1. The van der Waals surface area contributed by atoms with E-state index in [0.29, 0.717) is 46.4 Å². The van der Waals surface area contributed by atoms with Gasteiger partial charge in [0, 0.05) is 5.70 Å². The van der Waals surface area contributed by atoms with E-state index in [9.17, 15) is 9.59 Å². The minimum atomic E-state index is -0.711. The van der Waals surface area contributed by atoms with Crippen molar-refractivity contribution in [2.45, 2.75) is 26.5 Å². The first-order valence-corrected chi connectivity index (χ1v) is 10.1. The summed E-state index contributed by atoms with van der Waals surface area (Å²) in [5, 5.41) is 5.43. The summed E-state index contributed by atoms with van der Waals surface area (Å²) in [5.41, 5.74) is 2.14. The summed E-state index contributed by atoms with van der Waals surface area (Å²) in [6.45, 7) is 4.23. The molecule has 2 aliphatic heterocycles. The summed E-state index contributed by atoms with van der Waals surface area (Å²) in [4.78, 5) is 25.2. The molecule has 9 nitrogen and oxygen atoms in total. The number of carbonyl (C=O) groups excluding carboxylic acids is 2. The highest BCUT2D eigenvalue weighted by atomic mass is 16.7. The Morgan fingerprint density at radius 3 is 2.72 bits per heavy atom. The van der Waals surface area contributed by atoms with E-state index in [1.807, 2.05) is 6.92 Å². The van der Waals surface area contributed by atoms with Crippen molar-refractivity contribution < 1.29 is 33.3 Å². The normalized spacial score (nSPS) is 16.8. The molecule has 32 heavy (non-hydrogen) atoms. The van der Waals surface area contributed by atoms with Crippen LogP contribution >= 0.6 is 0 Å². The van der Waals surface area contributed by atoms with E-state index in [4.69, 9.17) is 23.7 Å². The average Bonchev–Trinajstić information content (AvgIpc) is 3.25. The van der Waals surface area contributed by atoms with E-state index in [1.165, 1.54) is 7.11 Å². The van der Waals surface area contributed by atoms with Crippen LogP contribution in [0.3, 0.4) is 0 Å². The van der Waals surface area contributed by atoms with Crippen LogP contribution in [0.15, 0.2) is 47.7 Å². The van der Waals surface area contributed by atoms with Crippen LogP contribution in [0.4, 0.5) is 4.79 Å². The second-order valence-corrected chi connectivity index (χ2v) is 7.18. The van der Waals surface area contributed by atoms with Gasteiger partial charge in [-0.15, -0.1) is 0 Å². The van der Waals surface area contributed by atoms with Crippen LogP contribution in [0, 0.1) is 0 Å². The summed E-state index contributed by atoms with van der Waals surface area (Å²) in [7, 11) is 1.53. The number of benzene rings is 2. The molecule has 2 aromatic rings. The molecule has 2 aromatic carbocycles. The fourth-order valence-corrected chi connectivity index (χ4v) is 3.61. The molecule has 0 aliphatic carbocycles. The Balaban J connectivity index is 1.56. The Labute approximate surface area is 185 Å². The van der Waals surface area contributed by atoms with Gasteiger partial charge in [0.15, 0.2) is 23.0 Å². The monoisotopic (exact) mass is 440 g/mol. The van der Waals surface area contributed by atoms with Crippen molar-refractivity contribution in [1.29, 1.82) is 0 Å². The lowest BCUT2D eigenvalue weighted by molar-refractivity contribution is -0.140. The number of allylic oxidation sites excluding steroid dienone is 1. The van der Waals surface area contributed by atoms with Gasteiger partial charge in [0.25, 0.3) is 0 Å². The second kappa shape index (κ2) is 9.09. The standard InChI is InChI=1S/C23H24N2O7/c1-4-29-16-8-6-15(10-18(16)28-3)21-20(13(2)24-23(27)25-21)22(26)30-11-14-5-7-17-19(9-14)32-12-31-17/h5-10,21H,4,11-12H2,1-3H3,(H2,24,25,27)/t21-/m0/s1. The lowest BCUT2D eigenvalue weighted by Crippen LogP contribution is -2.45. The number of fused-ring (bicyclic) bond motifs is 1. The maximum absolute atomic E-state index is 13.0. The van der Waals surface area contributed by atoms with Crippen molar-refractivity contribution in [1.82, 2.24) is 10.6 Å². The second-order valence-electron chi connectivity index (χ2n) is 7.18. The molecule has 2 heterocycles. The molecule has 0 fully saturated rings. The highest BCUT2D eigenvalue weighted by molar-refractivity contribution is 5.95. The van der Waals surface area contributed by atoms with Gasteiger partial charge in [-0.3, -0.25) is 0 Å². The van der Waals surface area contributed by atoms with Crippen LogP contribution in [0.1, 0.15) is 31.0 Å². The van der Waals surface area contributed by atoms with E-state index in [-0.39, 0.29) is 13.4 Å². The first kappa shape index (κ1) is 21.4. The van der Waals surface area contributed by atoms with Gasteiger partial charge in [0.05, 0.1) is 25.3 Å². The highest BCUT2D eigenvalue weighted by Crippen LogP contribution is 2.35. The fourth-order valence-electron chi connectivity index (χ4n) is 3.61. The Kier molecular flexibility index (Phi) is 6.07. The maximum Gasteiger partial charge on any atom is 0.338 e. The number of ether oxygens (including phenoxy) is 5. The van der Waals surface area contributed by atoms with Crippen molar-refractivity contribution >= 4 is 12.0 Å². The number of carbonyl (C=O) groups is 2. The van der Waals surface area contributed by atoms with Gasteiger partial charge in [0.2, 0.25) is 6.79 Å². The molecule has 2 amide bonds. The molecule has 2 N–H and O–H groups in total. The number of nitrogens with one attached hydrogen (secondary N) is 2. The lowest BCUT2D eigenvalue weighted by Gasteiger charge is -2.28. The SMILES string of the molecule is CCOc1ccc([C@@H]2NC(=O)NC(C)=C2C(=O)OCc2ccc3c(c2)OCO3)cc1OC. The van der Waals surface area contributed by atoms with E-state index < -0.39 is 18.0 Å². The fraction of sp³-hybridized carbons (Fsp3) is 0.304. The highest BCUT2D eigenvalue weighted by Gasteiger charge is 2.33. The van der Waals surface area contributed by atoms with Gasteiger partial charge in [-0.1, -0.05) is 12.1 Å². The first-order valence-electron chi connectivity index (χ1n) is 10.1. The van der Waals surface area contributed by atoms with Gasteiger partial charge in [-0.25, -0.2) is 9.59 Å². The molecule has 1 atom stereocenters. The minimum Gasteiger partial charge on any atom is -0.493 e. The molecule has 2 aliphatic rings. The number of rotatable bonds is 7. The Hall–Kier alpha value is -3.88. The van der Waals surface area contributed by atoms with Gasteiger partial charge < -0.3 is 34.3 Å². The third-order valence-corrected chi connectivity index (χ3v) is 5.12. The van der Waals surface area contributed by atoms with Crippen molar-refractivity contribution in [3.05, 3.63) is 58.8 Å². The molecule has 0 radical (unpaired) electrons. The van der Waals surface area contributed by atoms with Crippen LogP contribution in [0.25, 0.3) is 0 Å². The van der Waals surface area contributed by atoms with Crippen LogP contribution in [0.5, 0.6) is 23.0 Å². The third kappa shape index (κ3) is 4.27. The molecule has 9 heteroatoms. The van der Waals surface area contributed by atoms with Crippen molar-refractivity contribution in [2.75, 3.05) is 20.5 Å². The van der Waals surface area contributed by atoms with Crippen molar-refractivity contribution in [2.24, 2.45) is 0 Å². The molecule has 0 aromatic heterocycles.